The number of methoxy groups -OCH3 is 1. The lowest BCUT2D eigenvalue weighted by Gasteiger charge is -2.20. The molecule has 4 N–H and O–H groups in total. The number of aliphatic hydroxyl groups is 1. The second-order valence-corrected chi connectivity index (χ2v) is 13.6. The number of aromatic nitrogens is 1. The summed E-state index contributed by atoms with van der Waals surface area (Å²) in [5, 5.41) is 19.5. The summed E-state index contributed by atoms with van der Waals surface area (Å²) in [6.45, 7) is 12.0. The van der Waals surface area contributed by atoms with Crippen molar-refractivity contribution in [2.75, 3.05) is 32.2 Å². The molecule has 3 amide bonds. The molecule has 1 aliphatic heterocycles. The Morgan fingerprint density at radius 3 is 2.42 bits per heavy atom. The molecular formula is C39H46N4O8S. The molecule has 4 aromatic rings. The highest BCUT2D eigenvalue weighted by atomic mass is 32.1. The topological polar surface area (TPSA) is 165 Å². The van der Waals surface area contributed by atoms with Gasteiger partial charge in [-0.1, -0.05) is 26.0 Å². The van der Waals surface area contributed by atoms with Gasteiger partial charge in [0.2, 0.25) is 0 Å². The minimum Gasteiger partial charge on any atom is -0.493 e. The summed E-state index contributed by atoms with van der Waals surface area (Å²) in [4.78, 5) is 57.6. The first kappa shape index (κ1) is 39.5. The van der Waals surface area contributed by atoms with E-state index in [4.69, 9.17) is 19.3 Å². The third-order valence-electron chi connectivity index (χ3n) is 7.78. The largest absolute Gasteiger partial charge is 0.493 e. The van der Waals surface area contributed by atoms with Crippen molar-refractivity contribution in [3.8, 4) is 27.3 Å². The van der Waals surface area contributed by atoms with Crippen LogP contribution in [0.2, 0.25) is 0 Å². The van der Waals surface area contributed by atoms with Gasteiger partial charge >= 0.3 is 12.1 Å². The number of anilines is 1. The minimum atomic E-state index is -0.792. The van der Waals surface area contributed by atoms with E-state index in [0.717, 1.165) is 27.1 Å². The van der Waals surface area contributed by atoms with Crippen molar-refractivity contribution in [2.24, 2.45) is 0 Å². The normalized spacial score (nSPS) is 11.7. The number of nitrogens with one attached hydrogen (secondary N) is 3. The summed E-state index contributed by atoms with van der Waals surface area (Å²) in [5.74, 6) is -1.23. The molecule has 3 heterocycles. The lowest BCUT2D eigenvalue weighted by Crippen LogP contribution is -2.32. The van der Waals surface area contributed by atoms with Crippen molar-refractivity contribution < 1.29 is 38.5 Å². The Bertz CT molecular complexity index is 1930. The lowest BCUT2D eigenvalue weighted by atomic mass is 9.93. The first-order valence-corrected chi connectivity index (χ1v) is 18.0. The number of pyridine rings is 1. The molecule has 12 nitrogen and oxygen atoms in total. The summed E-state index contributed by atoms with van der Waals surface area (Å²) in [6, 6.07) is 14.0. The zero-order valence-corrected chi connectivity index (χ0v) is 31.4. The maximum atomic E-state index is 14.2. The predicted octanol–water partition coefficient (Wildman–Crippen LogP) is 6.92. The number of amides is 3. The van der Waals surface area contributed by atoms with Crippen molar-refractivity contribution in [3.63, 3.8) is 0 Å². The first-order valence-electron chi connectivity index (χ1n) is 17.1. The van der Waals surface area contributed by atoms with Crippen LogP contribution in [-0.4, -0.2) is 66.4 Å². The number of carbonyl (C=O) groups is 4. The molecule has 0 saturated heterocycles. The number of nitrogens with zero attached hydrogens (tertiary/aromatic N) is 1. The molecule has 0 radical (unpaired) electrons. The van der Waals surface area contributed by atoms with Gasteiger partial charge in [-0.2, -0.15) is 0 Å². The fourth-order valence-corrected chi connectivity index (χ4v) is 6.38. The van der Waals surface area contributed by atoms with Crippen molar-refractivity contribution in [3.05, 3.63) is 87.6 Å². The first-order chi connectivity index (χ1) is 24.9. The molecule has 0 fully saturated rings. The third kappa shape index (κ3) is 9.74. The summed E-state index contributed by atoms with van der Waals surface area (Å²) >= 11 is 1.55. The Morgan fingerprint density at radius 2 is 1.73 bits per heavy atom. The molecule has 2 aromatic heterocycles. The quantitative estimate of drug-likeness (QED) is 0.100. The zero-order valence-electron chi connectivity index (χ0n) is 30.6. The summed E-state index contributed by atoms with van der Waals surface area (Å²) in [5.41, 5.74) is 4.05. The van der Waals surface area contributed by atoms with E-state index in [1.807, 2.05) is 38.3 Å². The van der Waals surface area contributed by atoms with Gasteiger partial charge in [0, 0.05) is 58.9 Å². The highest BCUT2D eigenvalue weighted by molar-refractivity contribution is 7.13. The Morgan fingerprint density at radius 1 is 0.962 bits per heavy atom. The van der Waals surface area contributed by atoms with Crippen LogP contribution in [0.25, 0.3) is 21.6 Å². The maximum Gasteiger partial charge on any atom is 0.407 e. The average molecular weight is 731 g/mol. The SMILES string of the molecule is CC.COC(=O)c1nc(C(=O)NCCCO)ccc1-c1cc2c(cc1C(=O)Nc1ccc(CNC(=O)OC(C)(C)C)cc1C)-c1sccc1CCO2. The number of rotatable bonds is 10. The number of aryl methyl sites for hydroxylation is 1. The molecule has 0 atom stereocenters. The fourth-order valence-electron chi connectivity index (χ4n) is 5.41. The van der Waals surface area contributed by atoms with Crippen molar-refractivity contribution in [1.29, 1.82) is 0 Å². The Kier molecular flexibility index (Phi) is 13.5. The van der Waals surface area contributed by atoms with Crippen LogP contribution >= 0.6 is 11.3 Å². The van der Waals surface area contributed by atoms with Crippen LogP contribution in [0.5, 0.6) is 5.75 Å². The standard InChI is InChI=1S/C37H40N4O8S.C2H6/c1-21-17-22(20-39-36(46)49-37(2,3)4)7-9-28(21)41-33(43)26-18-27-30(48-15-11-23-12-16-50-32(23)27)19-25(26)24-8-10-29(34(44)38-13-6-14-42)40-31(24)35(45)47-5;1-2/h7-10,12,16-19,42H,6,11,13-15,20H2,1-5H3,(H,38,44)(H,39,46)(H,41,43);1-2H3. The minimum absolute atomic E-state index is 0.0239. The van der Waals surface area contributed by atoms with E-state index in [2.05, 4.69) is 20.9 Å². The van der Waals surface area contributed by atoms with Crippen LogP contribution in [0.1, 0.15) is 89.1 Å². The monoisotopic (exact) mass is 730 g/mol. The van der Waals surface area contributed by atoms with Gasteiger partial charge in [-0.3, -0.25) is 9.59 Å². The highest BCUT2D eigenvalue weighted by Gasteiger charge is 2.27. The van der Waals surface area contributed by atoms with E-state index in [0.29, 0.717) is 36.4 Å². The Balaban J connectivity index is 0.00000297. The summed E-state index contributed by atoms with van der Waals surface area (Å²) < 4.78 is 16.5. The number of carbonyl (C=O) groups excluding carboxylic acids is 4. The number of hydrogen-bond acceptors (Lipinski definition) is 10. The number of aliphatic hydroxyl groups excluding tert-OH is 1. The number of thiophene rings is 1. The van der Waals surface area contributed by atoms with Gasteiger partial charge in [0.15, 0.2) is 5.69 Å². The predicted molar refractivity (Wildman–Crippen MR) is 201 cm³/mol. The maximum absolute atomic E-state index is 14.2. The molecule has 5 rings (SSSR count). The van der Waals surface area contributed by atoms with Gasteiger partial charge in [0.1, 0.15) is 17.0 Å². The molecule has 0 bridgehead atoms. The third-order valence-corrected chi connectivity index (χ3v) is 8.77. The van der Waals surface area contributed by atoms with Crippen molar-refractivity contribution in [2.45, 2.75) is 66.5 Å². The van der Waals surface area contributed by atoms with E-state index in [1.54, 1.807) is 62.4 Å². The van der Waals surface area contributed by atoms with Crippen molar-refractivity contribution >= 4 is 40.9 Å². The Hall–Kier alpha value is -5.27. The van der Waals surface area contributed by atoms with E-state index < -0.39 is 29.5 Å². The van der Waals surface area contributed by atoms with Crippen LogP contribution in [0.3, 0.4) is 0 Å². The second-order valence-electron chi connectivity index (χ2n) is 12.6. The van der Waals surface area contributed by atoms with Gasteiger partial charge in [-0.05, 0) is 92.6 Å². The molecule has 1 aliphatic rings. The molecule has 0 spiro atoms. The number of fused-ring (bicyclic) bond motifs is 3. The van der Waals surface area contributed by atoms with E-state index >= 15 is 0 Å². The van der Waals surface area contributed by atoms with Gasteiger partial charge in [-0.25, -0.2) is 14.6 Å². The molecule has 13 heteroatoms. The van der Waals surface area contributed by atoms with Crippen molar-refractivity contribution in [1.82, 2.24) is 15.6 Å². The van der Waals surface area contributed by atoms with Crippen LogP contribution in [0.15, 0.2) is 53.9 Å². The smallest absolute Gasteiger partial charge is 0.407 e. The number of hydrogen-bond donors (Lipinski definition) is 4. The number of benzene rings is 2. The average Bonchev–Trinajstić information content (AvgIpc) is 3.52. The molecular weight excluding hydrogens is 685 g/mol. The van der Waals surface area contributed by atoms with Gasteiger partial charge in [-0.15, -0.1) is 11.3 Å². The van der Waals surface area contributed by atoms with E-state index in [9.17, 15) is 19.2 Å². The van der Waals surface area contributed by atoms with E-state index in [1.165, 1.54) is 13.2 Å². The highest BCUT2D eigenvalue weighted by Crippen LogP contribution is 2.43. The van der Waals surface area contributed by atoms with Crippen LogP contribution in [0.4, 0.5) is 10.5 Å². The van der Waals surface area contributed by atoms with Crippen LogP contribution in [0, 0.1) is 6.92 Å². The van der Waals surface area contributed by atoms with E-state index in [-0.39, 0.29) is 42.2 Å². The fraction of sp³-hybridized carbons (Fsp3) is 0.359. The van der Waals surface area contributed by atoms with Gasteiger partial charge in [0.05, 0.1) is 13.7 Å². The second kappa shape index (κ2) is 17.8. The number of esters is 1. The summed E-state index contributed by atoms with van der Waals surface area (Å²) in [6.07, 6.45) is 0.518. The molecule has 0 unspecified atom stereocenters. The zero-order chi connectivity index (χ0) is 38.0. The van der Waals surface area contributed by atoms with Crippen LogP contribution < -0.4 is 20.7 Å². The molecule has 2 aromatic carbocycles. The molecule has 276 valence electrons. The Labute approximate surface area is 307 Å². The molecule has 0 aliphatic carbocycles. The lowest BCUT2D eigenvalue weighted by molar-refractivity contribution is 0.0522. The van der Waals surface area contributed by atoms with Gasteiger partial charge < -0.3 is 35.3 Å². The van der Waals surface area contributed by atoms with Gasteiger partial charge in [0.25, 0.3) is 11.8 Å². The number of ether oxygens (including phenoxy) is 3. The molecule has 0 saturated carbocycles. The number of alkyl carbamates (subject to hydrolysis) is 1. The van der Waals surface area contributed by atoms with Crippen LogP contribution in [-0.2, 0) is 22.4 Å². The summed E-state index contributed by atoms with van der Waals surface area (Å²) in [7, 11) is 1.21. The molecule has 52 heavy (non-hydrogen) atoms.